The predicted molar refractivity (Wildman–Crippen MR) is 114 cm³/mol. The topological polar surface area (TPSA) is 50.4 Å². The maximum Gasteiger partial charge on any atom is 0.246 e. The van der Waals surface area contributed by atoms with E-state index in [0.29, 0.717) is 16.5 Å². The molecule has 0 fully saturated rings. The Hall–Kier alpha value is -2.82. The SMILES string of the molecule is COc1cccc(NC(=O)[C@@H](N[C@@H](C)c2ccc(Cl)cc2)c2ccccc2)c1. The van der Waals surface area contributed by atoms with E-state index in [-0.39, 0.29) is 11.9 Å². The van der Waals surface area contributed by atoms with Crippen LogP contribution in [0.15, 0.2) is 78.9 Å². The third kappa shape index (κ3) is 5.12. The summed E-state index contributed by atoms with van der Waals surface area (Å²) in [6.07, 6.45) is 0. The van der Waals surface area contributed by atoms with Gasteiger partial charge in [-0.05, 0) is 42.3 Å². The monoisotopic (exact) mass is 394 g/mol. The number of hydrogen-bond donors (Lipinski definition) is 2. The lowest BCUT2D eigenvalue weighted by Gasteiger charge is -2.24. The standard InChI is InChI=1S/C23H23ClN2O2/c1-16(17-11-13-19(24)14-12-17)25-22(18-7-4-3-5-8-18)23(27)26-20-9-6-10-21(15-20)28-2/h3-16,22,25H,1-2H3,(H,26,27)/t16-,22-/m0/s1. The number of anilines is 1. The van der Waals surface area contributed by atoms with Gasteiger partial charge in [0.25, 0.3) is 0 Å². The molecule has 0 saturated heterocycles. The minimum Gasteiger partial charge on any atom is -0.497 e. The molecular weight excluding hydrogens is 372 g/mol. The van der Waals surface area contributed by atoms with Crippen molar-refractivity contribution in [1.82, 2.24) is 5.32 Å². The van der Waals surface area contributed by atoms with Crippen LogP contribution in [0.2, 0.25) is 5.02 Å². The fourth-order valence-corrected chi connectivity index (χ4v) is 3.11. The number of hydrogen-bond acceptors (Lipinski definition) is 3. The number of amides is 1. The molecule has 0 radical (unpaired) electrons. The molecule has 2 atom stereocenters. The number of carbonyl (C=O) groups excluding carboxylic acids is 1. The smallest absolute Gasteiger partial charge is 0.246 e. The van der Waals surface area contributed by atoms with Crippen molar-refractivity contribution in [3.63, 3.8) is 0 Å². The molecule has 3 rings (SSSR count). The summed E-state index contributed by atoms with van der Waals surface area (Å²) in [6.45, 7) is 2.03. The molecule has 5 heteroatoms. The van der Waals surface area contributed by atoms with Crippen LogP contribution in [0, 0.1) is 0 Å². The maximum absolute atomic E-state index is 13.1. The first-order valence-corrected chi connectivity index (χ1v) is 9.46. The minimum atomic E-state index is -0.516. The second-order valence-corrected chi connectivity index (χ2v) is 6.94. The second kappa shape index (κ2) is 9.40. The van der Waals surface area contributed by atoms with Gasteiger partial charge in [-0.1, -0.05) is 60.1 Å². The fourth-order valence-electron chi connectivity index (χ4n) is 2.98. The van der Waals surface area contributed by atoms with E-state index in [1.54, 1.807) is 13.2 Å². The Labute approximate surface area is 170 Å². The van der Waals surface area contributed by atoms with E-state index < -0.39 is 6.04 Å². The molecule has 0 spiro atoms. The molecule has 0 aliphatic carbocycles. The van der Waals surface area contributed by atoms with Gasteiger partial charge in [0.1, 0.15) is 11.8 Å². The number of rotatable bonds is 7. The van der Waals surface area contributed by atoms with Gasteiger partial charge in [-0.15, -0.1) is 0 Å². The Morgan fingerprint density at radius 3 is 2.32 bits per heavy atom. The summed E-state index contributed by atoms with van der Waals surface area (Å²) >= 11 is 5.99. The molecule has 0 aromatic heterocycles. The van der Waals surface area contributed by atoms with E-state index in [4.69, 9.17) is 16.3 Å². The van der Waals surface area contributed by atoms with Crippen molar-refractivity contribution in [1.29, 1.82) is 0 Å². The fraction of sp³-hybridized carbons (Fsp3) is 0.174. The quantitative estimate of drug-likeness (QED) is 0.565. The van der Waals surface area contributed by atoms with Gasteiger partial charge in [0.05, 0.1) is 7.11 Å². The lowest BCUT2D eigenvalue weighted by Crippen LogP contribution is -2.34. The van der Waals surface area contributed by atoms with Gasteiger partial charge in [0, 0.05) is 22.8 Å². The predicted octanol–water partition coefficient (Wildman–Crippen LogP) is 5.38. The normalized spacial score (nSPS) is 12.8. The lowest BCUT2D eigenvalue weighted by molar-refractivity contribution is -0.118. The van der Waals surface area contributed by atoms with Gasteiger partial charge in [0.15, 0.2) is 0 Å². The van der Waals surface area contributed by atoms with Crippen molar-refractivity contribution in [2.45, 2.75) is 19.0 Å². The number of halogens is 1. The van der Waals surface area contributed by atoms with Crippen LogP contribution in [0.1, 0.15) is 30.1 Å². The third-order valence-electron chi connectivity index (χ3n) is 4.52. The first-order chi connectivity index (χ1) is 13.6. The molecule has 0 unspecified atom stereocenters. The van der Waals surface area contributed by atoms with Crippen molar-refractivity contribution in [2.24, 2.45) is 0 Å². The molecule has 0 heterocycles. The Morgan fingerprint density at radius 1 is 0.929 bits per heavy atom. The maximum atomic E-state index is 13.1. The molecular formula is C23H23ClN2O2. The highest BCUT2D eigenvalue weighted by molar-refractivity contribution is 6.30. The summed E-state index contributed by atoms with van der Waals surface area (Å²) in [4.78, 5) is 13.1. The van der Waals surface area contributed by atoms with E-state index in [2.05, 4.69) is 10.6 Å². The van der Waals surface area contributed by atoms with Crippen molar-refractivity contribution in [3.8, 4) is 5.75 Å². The largest absolute Gasteiger partial charge is 0.497 e. The molecule has 144 valence electrons. The third-order valence-corrected chi connectivity index (χ3v) is 4.77. The second-order valence-electron chi connectivity index (χ2n) is 6.50. The van der Waals surface area contributed by atoms with E-state index in [1.165, 1.54) is 0 Å². The van der Waals surface area contributed by atoms with Crippen molar-refractivity contribution < 1.29 is 9.53 Å². The van der Waals surface area contributed by atoms with Gasteiger partial charge < -0.3 is 10.1 Å². The average Bonchev–Trinajstić information content (AvgIpc) is 2.73. The molecule has 3 aromatic rings. The van der Waals surface area contributed by atoms with Crippen LogP contribution in [0.5, 0.6) is 5.75 Å². The van der Waals surface area contributed by atoms with E-state index in [1.807, 2.05) is 79.7 Å². The van der Waals surface area contributed by atoms with Crippen molar-refractivity contribution in [3.05, 3.63) is 95.0 Å². The van der Waals surface area contributed by atoms with Gasteiger partial charge in [-0.2, -0.15) is 0 Å². The van der Waals surface area contributed by atoms with E-state index >= 15 is 0 Å². The zero-order chi connectivity index (χ0) is 19.9. The highest BCUT2D eigenvalue weighted by atomic mass is 35.5. The molecule has 28 heavy (non-hydrogen) atoms. The molecule has 0 saturated carbocycles. The zero-order valence-electron chi connectivity index (χ0n) is 15.9. The van der Waals surface area contributed by atoms with Gasteiger partial charge in [-0.25, -0.2) is 0 Å². The van der Waals surface area contributed by atoms with Crippen molar-refractivity contribution in [2.75, 3.05) is 12.4 Å². The van der Waals surface area contributed by atoms with Crippen LogP contribution in [0.3, 0.4) is 0 Å². The van der Waals surface area contributed by atoms with Gasteiger partial charge in [-0.3, -0.25) is 10.1 Å². The minimum absolute atomic E-state index is 0.0430. The molecule has 1 amide bonds. The molecule has 2 N–H and O–H groups in total. The van der Waals surface area contributed by atoms with Gasteiger partial charge in [0.2, 0.25) is 5.91 Å². The highest BCUT2D eigenvalue weighted by Crippen LogP contribution is 2.24. The summed E-state index contributed by atoms with van der Waals surface area (Å²) in [7, 11) is 1.60. The van der Waals surface area contributed by atoms with Crippen LogP contribution in [0.25, 0.3) is 0 Å². The first kappa shape index (κ1) is 19.9. The van der Waals surface area contributed by atoms with E-state index in [9.17, 15) is 4.79 Å². The Balaban J connectivity index is 1.82. The molecule has 0 aliphatic heterocycles. The highest BCUT2D eigenvalue weighted by Gasteiger charge is 2.23. The van der Waals surface area contributed by atoms with Crippen LogP contribution in [-0.2, 0) is 4.79 Å². The Bertz CT molecular complexity index is 913. The average molecular weight is 395 g/mol. The van der Waals surface area contributed by atoms with Crippen LogP contribution < -0.4 is 15.4 Å². The van der Waals surface area contributed by atoms with E-state index in [0.717, 1.165) is 11.1 Å². The number of methoxy groups -OCH3 is 1. The molecule has 3 aromatic carbocycles. The number of carbonyl (C=O) groups is 1. The summed E-state index contributed by atoms with van der Waals surface area (Å²) in [5.41, 5.74) is 2.63. The van der Waals surface area contributed by atoms with Crippen LogP contribution in [-0.4, -0.2) is 13.0 Å². The zero-order valence-corrected chi connectivity index (χ0v) is 16.6. The van der Waals surface area contributed by atoms with Gasteiger partial charge >= 0.3 is 0 Å². The van der Waals surface area contributed by atoms with Crippen LogP contribution >= 0.6 is 11.6 Å². The number of benzene rings is 3. The molecule has 4 nitrogen and oxygen atoms in total. The lowest BCUT2D eigenvalue weighted by atomic mass is 10.0. The van der Waals surface area contributed by atoms with Crippen LogP contribution in [0.4, 0.5) is 5.69 Å². The first-order valence-electron chi connectivity index (χ1n) is 9.08. The molecule has 0 aliphatic rings. The Kier molecular flexibility index (Phi) is 6.69. The summed E-state index contributed by atoms with van der Waals surface area (Å²) < 4.78 is 5.24. The molecule has 0 bridgehead atoms. The summed E-state index contributed by atoms with van der Waals surface area (Å²) in [6, 6.07) is 24.0. The van der Waals surface area contributed by atoms with Crippen molar-refractivity contribution >= 4 is 23.2 Å². The number of nitrogens with one attached hydrogen (secondary N) is 2. The number of ether oxygens (including phenoxy) is 1. The Morgan fingerprint density at radius 2 is 1.64 bits per heavy atom. The summed E-state index contributed by atoms with van der Waals surface area (Å²) in [5.74, 6) is 0.553. The summed E-state index contributed by atoms with van der Waals surface area (Å²) in [5, 5.41) is 7.10.